The number of carbonyl (C=O) groups is 2. The summed E-state index contributed by atoms with van der Waals surface area (Å²) >= 11 is 5.96. The van der Waals surface area contributed by atoms with Gasteiger partial charge in [-0.2, -0.15) is 0 Å². The second kappa shape index (κ2) is 7.32. The molecule has 0 aliphatic heterocycles. The second-order valence-corrected chi connectivity index (χ2v) is 5.56. The lowest BCUT2D eigenvalue weighted by Gasteiger charge is -2.07. The van der Waals surface area contributed by atoms with Crippen molar-refractivity contribution in [1.82, 2.24) is 15.0 Å². The van der Waals surface area contributed by atoms with Crippen LogP contribution in [0.1, 0.15) is 26.4 Å². The van der Waals surface area contributed by atoms with Crippen molar-refractivity contribution in [3.63, 3.8) is 0 Å². The number of hydrogen-bond acceptors (Lipinski definition) is 5. The van der Waals surface area contributed by atoms with Gasteiger partial charge in [-0.25, -0.2) is 14.4 Å². The summed E-state index contributed by atoms with van der Waals surface area (Å²) in [6, 6.07) is 4.00. The van der Waals surface area contributed by atoms with E-state index >= 15 is 0 Å². The molecule has 3 rings (SSSR count). The Morgan fingerprint density at radius 1 is 1.27 bits per heavy atom. The zero-order valence-electron chi connectivity index (χ0n) is 13.4. The number of aromatic amines is 1. The van der Waals surface area contributed by atoms with Crippen molar-refractivity contribution in [2.75, 3.05) is 12.4 Å². The molecule has 2 aromatic heterocycles. The van der Waals surface area contributed by atoms with E-state index in [2.05, 4.69) is 20.3 Å². The van der Waals surface area contributed by atoms with Crippen LogP contribution < -0.4 is 10.1 Å². The molecule has 0 saturated heterocycles. The standard InChI is InChI=1S/C17H12ClFN4O3/c1-26-13-3-2-11(18)14(15(13)19)16(24)9-4-12(22-5-9)17(25)23-10-6-20-8-21-7-10/h2-8,22H,1H3,(H,23,25). The fraction of sp³-hybridized carbons (Fsp3) is 0.0588. The van der Waals surface area contributed by atoms with Crippen molar-refractivity contribution >= 4 is 29.0 Å². The first-order valence-electron chi connectivity index (χ1n) is 7.32. The maximum atomic E-state index is 14.4. The summed E-state index contributed by atoms with van der Waals surface area (Å²) in [5, 5.41) is 2.51. The first-order chi connectivity index (χ1) is 12.5. The summed E-state index contributed by atoms with van der Waals surface area (Å²) in [6.07, 6.45) is 5.47. The second-order valence-electron chi connectivity index (χ2n) is 5.15. The van der Waals surface area contributed by atoms with Crippen LogP contribution in [-0.2, 0) is 0 Å². The van der Waals surface area contributed by atoms with Crippen molar-refractivity contribution in [2.24, 2.45) is 0 Å². The number of rotatable bonds is 5. The molecule has 0 atom stereocenters. The Hall–Kier alpha value is -3.26. The predicted molar refractivity (Wildman–Crippen MR) is 92.2 cm³/mol. The number of carbonyl (C=O) groups excluding carboxylic acids is 2. The first kappa shape index (κ1) is 17.6. The molecule has 1 amide bonds. The largest absolute Gasteiger partial charge is 0.494 e. The average Bonchev–Trinajstić information content (AvgIpc) is 3.13. The average molecular weight is 375 g/mol. The highest BCUT2D eigenvalue weighted by Crippen LogP contribution is 2.29. The number of halogens is 2. The van der Waals surface area contributed by atoms with Crippen LogP contribution in [0.5, 0.6) is 5.75 Å². The van der Waals surface area contributed by atoms with Crippen LogP contribution in [0.15, 0.2) is 43.1 Å². The molecule has 0 unspecified atom stereocenters. The summed E-state index contributed by atoms with van der Waals surface area (Å²) in [6.45, 7) is 0. The molecular weight excluding hydrogens is 363 g/mol. The number of benzene rings is 1. The topological polar surface area (TPSA) is 97.0 Å². The molecule has 9 heteroatoms. The van der Waals surface area contributed by atoms with Gasteiger partial charge in [0.1, 0.15) is 12.0 Å². The Bertz CT molecular complexity index is 975. The third-order valence-corrected chi connectivity index (χ3v) is 3.83. The molecule has 0 aliphatic carbocycles. The Morgan fingerprint density at radius 3 is 2.69 bits per heavy atom. The van der Waals surface area contributed by atoms with Gasteiger partial charge in [-0.1, -0.05) is 11.6 Å². The van der Waals surface area contributed by atoms with Crippen molar-refractivity contribution in [3.8, 4) is 5.75 Å². The molecule has 26 heavy (non-hydrogen) atoms. The number of H-pyrrole nitrogens is 1. The number of nitrogens with one attached hydrogen (secondary N) is 2. The number of ether oxygens (including phenoxy) is 1. The molecule has 7 nitrogen and oxygen atoms in total. The SMILES string of the molecule is COc1ccc(Cl)c(C(=O)c2c[nH]c(C(=O)Nc3cncnc3)c2)c1F. The van der Waals surface area contributed by atoms with E-state index in [1.54, 1.807) is 0 Å². The van der Waals surface area contributed by atoms with Crippen molar-refractivity contribution in [1.29, 1.82) is 0 Å². The lowest BCUT2D eigenvalue weighted by Crippen LogP contribution is -2.12. The molecule has 2 N–H and O–H groups in total. The van der Waals surface area contributed by atoms with Gasteiger partial charge in [0.15, 0.2) is 17.3 Å². The molecule has 0 spiro atoms. The summed E-state index contributed by atoms with van der Waals surface area (Å²) in [5.74, 6) is -2.14. The summed E-state index contributed by atoms with van der Waals surface area (Å²) < 4.78 is 19.3. The zero-order chi connectivity index (χ0) is 18.7. The highest BCUT2D eigenvalue weighted by atomic mass is 35.5. The van der Waals surface area contributed by atoms with Gasteiger partial charge in [-0.15, -0.1) is 0 Å². The third-order valence-electron chi connectivity index (χ3n) is 3.51. The Balaban J connectivity index is 1.86. The van der Waals surface area contributed by atoms with E-state index in [0.29, 0.717) is 5.69 Å². The predicted octanol–water partition coefficient (Wildman–Crippen LogP) is 3.09. The molecule has 0 saturated carbocycles. The summed E-state index contributed by atoms with van der Waals surface area (Å²) in [7, 11) is 1.28. The molecule has 0 fully saturated rings. The number of methoxy groups -OCH3 is 1. The quantitative estimate of drug-likeness (QED) is 0.669. The highest BCUT2D eigenvalue weighted by molar-refractivity contribution is 6.35. The maximum Gasteiger partial charge on any atom is 0.272 e. The van der Waals surface area contributed by atoms with E-state index in [-0.39, 0.29) is 27.6 Å². The fourth-order valence-electron chi connectivity index (χ4n) is 2.26. The normalized spacial score (nSPS) is 10.4. The van der Waals surface area contributed by atoms with Crippen molar-refractivity contribution < 1.29 is 18.7 Å². The number of aromatic nitrogens is 3. The Labute approximate surface area is 152 Å². The molecule has 2 heterocycles. The van der Waals surface area contributed by atoms with Gasteiger partial charge in [0.2, 0.25) is 0 Å². The van der Waals surface area contributed by atoms with Gasteiger partial charge in [0, 0.05) is 11.8 Å². The third kappa shape index (κ3) is 3.40. The van der Waals surface area contributed by atoms with Gasteiger partial charge in [0.25, 0.3) is 5.91 Å². The Morgan fingerprint density at radius 2 is 2.00 bits per heavy atom. The van der Waals surface area contributed by atoms with E-state index in [0.717, 1.165) is 0 Å². The lowest BCUT2D eigenvalue weighted by molar-refractivity contribution is 0.102. The van der Waals surface area contributed by atoms with Crippen LogP contribution in [0.4, 0.5) is 10.1 Å². The van der Waals surface area contributed by atoms with Gasteiger partial charge in [-0.3, -0.25) is 9.59 Å². The minimum atomic E-state index is -0.862. The minimum Gasteiger partial charge on any atom is -0.494 e. The summed E-state index contributed by atoms with van der Waals surface area (Å²) in [4.78, 5) is 35.0. The van der Waals surface area contributed by atoms with E-state index in [9.17, 15) is 14.0 Å². The number of ketones is 1. The van der Waals surface area contributed by atoms with Crippen LogP contribution in [0.3, 0.4) is 0 Å². The number of amides is 1. The number of nitrogens with zero attached hydrogens (tertiary/aromatic N) is 2. The highest BCUT2D eigenvalue weighted by Gasteiger charge is 2.23. The van der Waals surface area contributed by atoms with E-state index in [4.69, 9.17) is 16.3 Å². The zero-order valence-corrected chi connectivity index (χ0v) is 14.2. The number of anilines is 1. The maximum absolute atomic E-state index is 14.4. The molecule has 1 aromatic carbocycles. The minimum absolute atomic E-state index is 0.0538. The van der Waals surface area contributed by atoms with Crippen LogP contribution in [0.25, 0.3) is 0 Å². The lowest BCUT2D eigenvalue weighted by atomic mass is 10.0. The van der Waals surface area contributed by atoms with Crippen molar-refractivity contribution in [3.05, 3.63) is 70.8 Å². The van der Waals surface area contributed by atoms with Crippen molar-refractivity contribution in [2.45, 2.75) is 0 Å². The van der Waals surface area contributed by atoms with E-state index in [1.807, 2.05) is 0 Å². The molecule has 0 radical (unpaired) electrons. The fourth-order valence-corrected chi connectivity index (χ4v) is 2.49. The summed E-state index contributed by atoms with van der Waals surface area (Å²) in [5.41, 5.74) is 0.250. The van der Waals surface area contributed by atoms with Gasteiger partial charge < -0.3 is 15.0 Å². The first-order valence-corrected chi connectivity index (χ1v) is 7.70. The molecular formula is C17H12ClFN4O3. The molecule has 3 aromatic rings. The number of hydrogen-bond donors (Lipinski definition) is 2. The molecule has 132 valence electrons. The van der Waals surface area contributed by atoms with Crippen LogP contribution in [0.2, 0.25) is 5.02 Å². The van der Waals surface area contributed by atoms with E-state index < -0.39 is 17.5 Å². The van der Waals surface area contributed by atoms with Gasteiger partial charge in [0.05, 0.1) is 35.8 Å². The smallest absolute Gasteiger partial charge is 0.272 e. The monoisotopic (exact) mass is 374 g/mol. The van der Waals surface area contributed by atoms with Crippen LogP contribution in [-0.4, -0.2) is 33.8 Å². The van der Waals surface area contributed by atoms with Gasteiger partial charge in [-0.05, 0) is 18.2 Å². The van der Waals surface area contributed by atoms with Crippen LogP contribution in [0, 0.1) is 5.82 Å². The van der Waals surface area contributed by atoms with Gasteiger partial charge >= 0.3 is 0 Å². The molecule has 0 aliphatic rings. The van der Waals surface area contributed by atoms with Crippen LogP contribution >= 0.6 is 11.6 Å². The van der Waals surface area contributed by atoms with E-state index in [1.165, 1.54) is 50.2 Å². The Kier molecular flexibility index (Phi) is 4.94. The molecule has 0 bridgehead atoms.